The lowest BCUT2D eigenvalue weighted by Crippen LogP contribution is -2.32. The number of anilines is 1. The summed E-state index contributed by atoms with van der Waals surface area (Å²) in [5.41, 5.74) is 12.4. The van der Waals surface area contributed by atoms with Gasteiger partial charge in [-0.25, -0.2) is 0 Å². The van der Waals surface area contributed by atoms with Crippen molar-refractivity contribution in [1.82, 2.24) is 9.80 Å². The van der Waals surface area contributed by atoms with Crippen molar-refractivity contribution in [3.8, 4) is 28.7 Å². The molecule has 0 fully saturated rings. The van der Waals surface area contributed by atoms with E-state index in [1.54, 1.807) is 58.6 Å². The normalized spacial score (nSPS) is 18.3. The summed E-state index contributed by atoms with van der Waals surface area (Å²) in [6.07, 6.45) is 9.08. The highest BCUT2D eigenvalue weighted by Crippen LogP contribution is 2.42. The molecule has 0 radical (unpaired) electrons. The molecule has 2 atom stereocenters. The van der Waals surface area contributed by atoms with Gasteiger partial charge >= 0.3 is 0 Å². The topological polar surface area (TPSA) is 149 Å². The molecule has 4 aromatic carbocycles. The number of carbonyl (C=O) groups excluding carboxylic acids is 2. The molecule has 12 nitrogen and oxygen atoms in total. The maximum Gasteiger partial charge on any atom is 0.260 e. The summed E-state index contributed by atoms with van der Waals surface area (Å²) in [7, 11) is 3.06. The number of phenolic OH excluding ortho intramolecular Hbond substituents is 1. The Hall–Kier alpha value is -6.56. The van der Waals surface area contributed by atoms with Gasteiger partial charge in [-0.15, -0.1) is 0 Å². The van der Waals surface area contributed by atoms with E-state index in [-0.39, 0.29) is 29.6 Å². The van der Waals surface area contributed by atoms with E-state index in [2.05, 4.69) is 9.98 Å². The number of nitrogens with two attached hydrogens (primary N) is 1. The lowest BCUT2D eigenvalue weighted by molar-refractivity contribution is 0.0809. The van der Waals surface area contributed by atoms with Gasteiger partial charge in [-0.1, -0.05) is 24.3 Å². The third-order valence-electron chi connectivity index (χ3n) is 9.75. The number of aromatic hydroxyl groups is 1. The summed E-state index contributed by atoms with van der Waals surface area (Å²) in [4.78, 5) is 40.1. The Morgan fingerprint density at radius 3 is 1.58 bits per heavy atom. The molecule has 4 aromatic rings. The van der Waals surface area contributed by atoms with Crippen LogP contribution in [0.2, 0.25) is 0 Å². The molecule has 0 aliphatic carbocycles. The molecular weight excluding hydrogens is 674 g/mol. The molecule has 0 saturated carbocycles. The van der Waals surface area contributed by atoms with Gasteiger partial charge < -0.3 is 39.6 Å². The Balaban J connectivity index is 0.913. The molecule has 12 heteroatoms. The third-order valence-corrected chi connectivity index (χ3v) is 9.75. The zero-order valence-corrected chi connectivity index (χ0v) is 29.2. The molecule has 3 N–H and O–H groups in total. The highest BCUT2D eigenvalue weighted by molar-refractivity contribution is 6.06. The number of aliphatic imine (C=N–C) groups is 2. The summed E-state index contributed by atoms with van der Waals surface area (Å²) >= 11 is 0. The Bertz CT molecular complexity index is 2070. The van der Waals surface area contributed by atoms with E-state index in [0.717, 1.165) is 22.3 Å². The van der Waals surface area contributed by atoms with Crippen LogP contribution in [0, 0.1) is 0 Å². The first-order valence-corrected chi connectivity index (χ1v) is 17.3. The zero-order chi connectivity index (χ0) is 36.6. The fraction of sp³-hybridized carbons (Fsp3) is 0.220. The molecular formula is C41H37N5O7. The Morgan fingerprint density at radius 2 is 1.13 bits per heavy atom. The smallest absolute Gasteiger partial charge is 0.260 e. The molecule has 2 amide bonds. The molecule has 2 unspecified atom stereocenters. The number of nitrogens with zero attached hydrogens (tertiary/aromatic N) is 4. The lowest BCUT2D eigenvalue weighted by atomic mass is 10.0. The van der Waals surface area contributed by atoms with Crippen molar-refractivity contribution < 1.29 is 33.6 Å². The van der Waals surface area contributed by atoms with Crippen LogP contribution < -0.4 is 24.7 Å². The number of carbonyl (C=O) groups is 2. The number of hydrogen-bond acceptors (Lipinski definition) is 10. The van der Waals surface area contributed by atoms with Gasteiger partial charge in [0.15, 0.2) is 23.0 Å². The SMILES string of the molecule is COc1cc2c(cc1OCCCOc1cc3c(cc1OC)C(=O)N1C=C(c4ccc(O)cc4)CC1C=N3)N=CC1CC(c3ccc(N)cc3)=CN1C2=O. The fourth-order valence-electron chi connectivity index (χ4n) is 6.94. The lowest BCUT2D eigenvalue weighted by Gasteiger charge is -2.19. The third kappa shape index (κ3) is 6.43. The summed E-state index contributed by atoms with van der Waals surface area (Å²) in [6, 6.07) is 20.9. The average Bonchev–Trinajstić information content (AvgIpc) is 3.75. The second-order valence-electron chi connectivity index (χ2n) is 13.1. The number of amides is 2. The number of hydrogen-bond donors (Lipinski definition) is 2. The van der Waals surface area contributed by atoms with Crippen molar-refractivity contribution in [3.63, 3.8) is 0 Å². The number of phenols is 1. The van der Waals surface area contributed by atoms with Gasteiger partial charge in [0, 0.05) is 61.9 Å². The number of methoxy groups -OCH3 is 2. The van der Waals surface area contributed by atoms with Crippen LogP contribution in [0.15, 0.2) is 95.2 Å². The first-order chi connectivity index (χ1) is 25.8. The maximum absolute atomic E-state index is 13.7. The van der Waals surface area contributed by atoms with E-state index in [1.807, 2.05) is 48.8 Å². The van der Waals surface area contributed by atoms with Crippen molar-refractivity contribution in [2.24, 2.45) is 9.98 Å². The van der Waals surface area contributed by atoms with Gasteiger partial charge in [-0.2, -0.15) is 0 Å². The molecule has 0 saturated heterocycles. The van der Waals surface area contributed by atoms with Crippen LogP contribution in [0.5, 0.6) is 28.7 Å². The zero-order valence-electron chi connectivity index (χ0n) is 29.2. The van der Waals surface area contributed by atoms with Crippen LogP contribution in [-0.2, 0) is 0 Å². The van der Waals surface area contributed by atoms with E-state index in [1.165, 1.54) is 14.2 Å². The van der Waals surface area contributed by atoms with Crippen LogP contribution in [0.4, 0.5) is 17.1 Å². The maximum atomic E-state index is 13.7. The number of rotatable bonds is 10. The minimum atomic E-state index is -0.234. The number of fused-ring (bicyclic) bond motifs is 4. The van der Waals surface area contributed by atoms with Gasteiger partial charge in [0.25, 0.3) is 11.8 Å². The highest BCUT2D eigenvalue weighted by Gasteiger charge is 2.35. The van der Waals surface area contributed by atoms with E-state index >= 15 is 0 Å². The van der Waals surface area contributed by atoms with Gasteiger partial charge in [-0.05, 0) is 58.7 Å². The minimum Gasteiger partial charge on any atom is -0.508 e. The first kappa shape index (κ1) is 33.6. The van der Waals surface area contributed by atoms with Crippen molar-refractivity contribution in [2.75, 3.05) is 33.2 Å². The van der Waals surface area contributed by atoms with Crippen molar-refractivity contribution >= 4 is 52.5 Å². The van der Waals surface area contributed by atoms with Crippen LogP contribution in [0.3, 0.4) is 0 Å². The fourth-order valence-corrected chi connectivity index (χ4v) is 6.94. The van der Waals surface area contributed by atoms with E-state index in [0.29, 0.717) is 83.7 Å². The quantitative estimate of drug-likeness (QED) is 0.135. The predicted octanol–water partition coefficient (Wildman–Crippen LogP) is 6.78. The monoisotopic (exact) mass is 711 g/mol. The number of benzene rings is 4. The summed E-state index contributed by atoms with van der Waals surface area (Å²) in [6.45, 7) is 0.592. The standard InChI is InChI=1S/C41H37N5O7/c1-50-36-16-32-34(43-20-29-14-26(22-45(29)40(32)48)24-4-8-28(42)9-5-24)18-38(36)52-12-3-13-53-39-19-35-33(17-37(39)51-2)41(49)46-23-27(15-30(46)21-44-35)25-6-10-31(47)11-7-25/h4-11,16-23,29-30,47H,3,12-15,42H2,1-2H3. The molecule has 8 rings (SSSR count). The van der Waals surface area contributed by atoms with Gasteiger partial charge in [0.2, 0.25) is 0 Å². The summed E-state index contributed by atoms with van der Waals surface area (Å²) in [5, 5.41) is 9.66. The van der Waals surface area contributed by atoms with Crippen LogP contribution in [0.25, 0.3) is 11.1 Å². The summed E-state index contributed by atoms with van der Waals surface area (Å²) < 4.78 is 23.4. The molecule has 268 valence electrons. The predicted molar refractivity (Wildman–Crippen MR) is 202 cm³/mol. The van der Waals surface area contributed by atoms with Crippen molar-refractivity contribution in [3.05, 3.63) is 107 Å². The van der Waals surface area contributed by atoms with E-state index in [9.17, 15) is 14.7 Å². The minimum absolute atomic E-state index is 0.164. The van der Waals surface area contributed by atoms with Crippen molar-refractivity contribution in [1.29, 1.82) is 0 Å². The first-order valence-electron chi connectivity index (χ1n) is 17.3. The van der Waals surface area contributed by atoms with Gasteiger partial charge in [0.1, 0.15) is 5.75 Å². The van der Waals surface area contributed by atoms with Crippen molar-refractivity contribution in [2.45, 2.75) is 31.3 Å². The molecule has 4 aliphatic heterocycles. The molecule has 4 aliphatic rings. The highest BCUT2D eigenvalue weighted by atomic mass is 16.5. The summed E-state index contributed by atoms with van der Waals surface area (Å²) in [5.74, 6) is 1.61. The molecule has 0 bridgehead atoms. The van der Waals surface area contributed by atoms with Crippen LogP contribution >= 0.6 is 0 Å². The molecule has 0 spiro atoms. The Labute approximate surface area is 306 Å². The second kappa shape index (κ2) is 13.9. The van der Waals surface area contributed by atoms with Crippen LogP contribution in [-0.4, -0.2) is 78.7 Å². The Kier molecular flexibility index (Phi) is 8.79. The van der Waals surface area contributed by atoms with Crippen LogP contribution in [0.1, 0.15) is 51.1 Å². The van der Waals surface area contributed by atoms with Gasteiger partial charge in [0.05, 0.1) is 62.0 Å². The van der Waals surface area contributed by atoms with E-state index in [4.69, 9.17) is 24.7 Å². The number of nitrogen functional groups attached to an aromatic ring is 1. The molecule has 4 heterocycles. The van der Waals surface area contributed by atoms with E-state index < -0.39 is 0 Å². The molecule has 0 aromatic heterocycles. The second-order valence-corrected chi connectivity index (χ2v) is 13.1. The Morgan fingerprint density at radius 1 is 0.679 bits per heavy atom. The van der Waals surface area contributed by atoms with Gasteiger partial charge in [-0.3, -0.25) is 19.6 Å². The largest absolute Gasteiger partial charge is 0.508 e. The molecule has 53 heavy (non-hydrogen) atoms. The average molecular weight is 712 g/mol. The number of ether oxygens (including phenoxy) is 4.